The van der Waals surface area contributed by atoms with Crippen molar-refractivity contribution < 1.29 is 22.5 Å². The van der Waals surface area contributed by atoms with E-state index in [-0.39, 0.29) is 23.0 Å². The standard InChI is InChI=1S/C23H27N5O5S/c1-3-28(4-2)34(30,31)18-9-10-20(27-12-5-6-13-27)19(14-18)23(29)32-16-21-25-22(26-33-21)17-8-7-11-24-15-17/h7-11,14-15H,3-6,12-13,16H2,1-2H3. The van der Waals surface area contributed by atoms with Gasteiger partial charge in [-0.25, -0.2) is 13.2 Å². The fraction of sp³-hybridized carbons (Fsp3) is 0.391. The normalized spacial score (nSPS) is 14.0. The molecule has 0 amide bonds. The average Bonchev–Trinajstić information content (AvgIpc) is 3.56. The SMILES string of the molecule is CCN(CC)S(=O)(=O)c1ccc(N2CCCC2)c(C(=O)OCc2nc(-c3cccnc3)no2)c1. The van der Waals surface area contributed by atoms with E-state index in [2.05, 4.69) is 20.0 Å². The van der Waals surface area contributed by atoms with Crippen LogP contribution in [0.25, 0.3) is 11.4 Å². The molecule has 0 spiro atoms. The number of anilines is 1. The van der Waals surface area contributed by atoms with Gasteiger partial charge in [-0.2, -0.15) is 9.29 Å². The lowest BCUT2D eigenvalue weighted by molar-refractivity contribution is 0.0430. The Morgan fingerprint density at radius 1 is 1.18 bits per heavy atom. The highest BCUT2D eigenvalue weighted by atomic mass is 32.2. The second-order valence-electron chi connectivity index (χ2n) is 7.79. The molecule has 4 rings (SSSR count). The Bertz CT molecular complexity index is 1240. The van der Waals surface area contributed by atoms with Crippen LogP contribution in [-0.4, -0.2) is 60.0 Å². The third kappa shape index (κ3) is 4.95. The number of carbonyl (C=O) groups is 1. The van der Waals surface area contributed by atoms with Crippen LogP contribution in [0, 0.1) is 0 Å². The zero-order chi connectivity index (χ0) is 24.1. The summed E-state index contributed by atoms with van der Waals surface area (Å²) in [5.74, 6) is -0.189. The van der Waals surface area contributed by atoms with Crippen LogP contribution in [0.3, 0.4) is 0 Å². The molecule has 3 heterocycles. The first-order chi connectivity index (χ1) is 16.4. The second-order valence-corrected chi connectivity index (χ2v) is 9.73. The van der Waals surface area contributed by atoms with Crippen LogP contribution in [0.2, 0.25) is 0 Å². The van der Waals surface area contributed by atoms with Crippen molar-refractivity contribution in [2.24, 2.45) is 0 Å². The Kier molecular flexibility index (Phi) is 7.23. The van der Waals surface area contributed by atoms with Crippen molar-refractivity contribution in [3.05, 3.63) is 54.2 Å². The molecule has 0 unspecified atom stereocenters. The number of esters is 1. The van der Waals surface area contributed by atoms with Gasteiger partial charge in [0.15, 0.2) is 6.61 Å². The number of rotatable bonds is 9. The van der Waals surface area contributed by atoms with Crippen LogP contribution in [0.1, 0.15) is 42.9 Å². The number of hydrogen-bond acceptors (Lipinski definition) is 9. The number of sulfonamides is 1. The summed E-state index contributed by atoms with van der Waals surface area (Å²) < 4.78 is 38.1. The monoisotopic (exact) mass is 485 g/mol. The van der Waals surface area contributed by atoms with Crippen molar-refractivity contribution in [3.63, 3.8) is 0 Å². The maximum atomic E-state index is 13.1. The molecule has 11 heteroatoms. The number of hydrogen-bond donors (Lipinski definition) is 0. The van der Waals surface area contributed by atoms with Gasteiger partial charge in [0.1, 0.15) is 0 Å². The van der Waals surface area contributed by atoms with Gasteiger partial charge < -0.3 is 14.2 Å². The number of nitrogens with zero attached hydrogens (tertiary/aromatic N) is 5. The Morgan fingerprint density at radius 2 is 1.94 bits per heavy atom. The van der Waals surface area contributed by atoms with E-state index in [1.54, 1.807) is 50.5 Å². The van der Waals surface area contributed by atoms with E-state index in [0.717, 1.165) is 25.9 Å². The Balaban J connectivity index is 1.58. The van der Waals surface area contributed by atoms with Crippen LogP contribution in [-0.2, 0) is 21.4 Å². The summed E-state index contributed by atoms with van der Waals surface area (Å²) in [4.78, 5) is 23.5. The molecule has 34 heavy (non-hydrogen) atoms. The van der Waals surface area contributed by atoms with Crippen molar-refractivity contribution in [3.8, 4) is 11.4 Å². The maximum absolute atomic E-state index is 13.1. The van der Waals surface area contributed by atoms with E-state index in [4.69, 9.17) is 9.26 Å². The second kappa shape index (κ2) is 10.3. The lowest BCUT2D eigenvalue weighted by Gasteiger charge is -2.23. The lowest BCUT2D eigenvalue weighted by Crippen LogP contribution is -2.31. The zero-order valence-corrected chi connectivity index (χ0v) is 20.0. The smallest absolute Gasteiger partial charge is 0.340 e. The number of carbonyl (C=O) groups excluding carboxylic acids is 1. The minimum absolute atomic E-state index is 0.0581. The Labute approximate surface area is 198 Å². The summed E-state index contributed by atoms with van der Waals surface area (Å²) in [6.07, 6.45) is 5.25. The average molecular weight is 486 g/mol. The largest absolute Gasteiger partial charge is 0.452 e. The van der Waals surface area contributed by atoms with E-state index in [1.165, 1.54) is 10.4 Å². The predicted molar refractivity (Wildman–Crippen MR) is 125 cm³/mol. The van der Waals surface area contributed by atoms with E-state index < -0.39 is 16.0 Å². The number of aromatic nitrogens is 3. The number of benzene rings is 1. The van der Waals surface area contributed by atoms with Crippen molar-refractivity contribution in [2.45, 2.75) is 38.2 Å². The summed E-state index contributed by atoms with van der Waals surface area (Å²) >= 11 is 0. The first-order valence-corrected chi connectivity index (χ1v) is 12.7. The number of pyridine rings is 1. The van der Waals surface area contributed by atoms with Gasteiger partial charge in [-0.3, -0.25) is 4.98 Å². The van der Waals surface area contributed by atoms with Gasteiger partial charge in [-0.15, -0.1) is 0 Å². The van der Waals surface area contributed by atoms with Gasteiger partial charge in [0, 0.05) is 44.1 Å². The Hall–Kier alpha value is -3.31. The summed E-state index contributed by atoms with van der Waals surface area (Å²) in [5, 5.41) is 3.89. The highest BCUT2D eigenvalue weighted by Gasteiger charge is 2.27. The van der Waals surface area contributed by atoms with Gasteiger partial charge in [0.25, 0.3) is 5.89 Å². The van der Waals surface area contributed by atoms with Gasteiger partial charge in [0.05, 0.1) is 16.1 Å². The minimum Gasteiger partial charge on any atom is -0.452 e. The molecule has 2 aromatic heterocycles. The number of ether oxygens (including phenoxy) is 1. The molecule has 0 atom stereocenters. The van der Waals surface area contributed by atoms with Crippen molar-refractivity contribution in [1.82, 2.24) is 19.4 Å². The Morgan fingerprint density at radius 3 is 2.62 bits per heavy atom. The molecule has 1 saturated heterocycles. The van der Waals surface area contributed by atoms with Crippen molar-refractivity contribution >= 4 is 21.7 Å². The van der Waals surface area contributed by atoms with Crippen LogP contribution < -0.4 is 4.90 Å². The van der Waals surface area contributed by atoms with Crippen molar-refractivity contribution in [1.29, 1.82) is 0 Å². The summed E-state index contributed by atoms with van der Waals surface area (Å²) in [6, 6.07) is 8.18. The quantitative estimate of drug-likeness (QED) is 0.421. The maximum Gasteiger partial charge on any atom is 0.340 e. The molecule has 3 aromatic rings. The lowest BCUT2D eigenvalue weighted by atomic mass is 10.1. The third-order valence-electron chi connectivity index (χ3n) is 5.69. The summed E-state index contributed by atoms with van der Waals surface area (Å²) in [5.41, 5.74) is 1.53. The van der Waals surface area contributed by atoms with Crippen LogP contribution >= 0.6 is 0 Å². The third-order valence-corrected chi connectivity index (χ3v) is 7.74. The summed E-state index contributed by atoms with van der Waals surface area (Å²) in [6.45, 7) is 5.57. The molecule has 180 valence electrons. The van der Waals surface area contributed by atoms with Crippen LogP contribution in [0.4, 0.5) is 5.69 Å². The van der Waals surface area contributed by atoms with Gasteiger partial charge in [0.2, 0.25) is 15.8 Å². The molecule has 0 bridgehead atoms. The molecule has 0 radical (unpaired) electrons. The van der Waals surface area contributed by atoms with Gasteiger partial charge >= 0.3 is 5.97 Å². The molecule has 0 aliphatic carbocycles. The van der Waals surface area contributed by atoms with E-state index >= 15 is 0 Å². The highest BCUT2D eigenvalue weighted by molar-refractivity contribution is 7.89. The van der Waals surface area contributed by atoms with Gasteiger partial charge in [-0.05, 0) is 43.2 Å². The molecule has 1 aliphatic rings. The zero-order valence-electron chi connectivity index (χ0n) is 19.2. The first-order valence-electron chi connectivity index (χ1n) is 11.2. The first kappa shape index (κ1) is 23.8. The minimum atomic E-state index is -3.73. The fourth-order valence-corrected chi connectivity index (χ4v) is 5.40. The molecule has 1 fully saturated rings. The molecular formula is C23H27N5O5S. The van der Waals surface area contributed by atoms with Crippen molar-refractivity contribution in [2.75, 3.05) is 31.1 Å². The molecule has 0 N–H and O–H groups in total. The van der Waals surface area contributed by atoms with E-state index in [1.807, 2.05) is 0 Å². The molecule has 1 aliphatic heterocycles. The van der Waals surface area contributed by atoms with Crippen LogP contribution in [0.15, 0.2) is 52.1 Å². The van der Waals surface area contributed by atoms with Crippen LogP contribution in [0.5, 0.6) is 0 Å². The fourth-order valence-electron chi connectivity index (χ4n) is 3.92. The molecule has 0 saturated carbocycles. The molecule has 10 nitrogen and oxygen atoms in total. The highest BCUT2D eigenvalue weighted by Crippen LogP contribution is 2.29. The summed E-state index contributed by atoms with van der Waals surface area (Å²) in [7, 11) is -3.73. The molecular weight excluding hydrogens is 458 g/mol. The predicted octanol–water partition coefficient (Wildman–Crippen LogP) is 3.12. The van der Waals surface area contributed by atoms with E-state index in [9.17, 15) is 13.2 Å². The topological polar surface area (TPSA) is 119 Å². The molecule has 1 aromatic carbocycles. The van der Waals surface area contributed by atoms with Gasteiger partial charge in [-0.1, -0.05) is 19.0 Å². The van der Waals surface area contributed by atoms with E-state index in [0.29, 0.717) is 30.2 Å².